The summed E-state index contributed by atoms with van der Waals surface area (Å²) in [5.41, 5.74) is 11.7. The maximum atomic E-state index is 13.9. The first-order chi connectivity index (χ1) is 16.8. The molecule has 6 N–H and O–H groups in total. The zero-order chi connectivity index (χ0) is 25.5. The summed E-state index contributed by atoms with van der Waals surface area (Å²) in [6, 6.07) is 11.2. The molecule has 184 valence electrons. The van der Waals surface area contributed by atoms with Crippen molar-refractivity contribution in [2.45, 2.75) is 6.04 Å². The third kappa shape index (κ3) is 5.67. The van der Waals surface area contributed by atoms with E-state index in [9.17, 15) is 19.5 Å². The van der Waals surface area contributed by atoms with Gasteiger partial charge in [0, 0.05) is 25.4 Å². The number of primary amides is 1. The van der Waals surface area contributed by atoms with Crippen molar-refractivity contribution in [3.05, 3.63) is 64.7 Å². The van der Waals surface area contributed by atoms with E-state index >= 15 is 0 Å². The number of aromatic hydroxyl groups is 1. The second kappa shape index (κ2) is 11.3. The van der Waals surface area contributed by atoms with Crippen molar-refractivity contribution >= 4 is 40.6 Å². The van der Waals surface area contributed by atoms with Crippen LogP contribution in [-0.2, 0) is 9.53 Å². The van der Waals surface area contributed by atoms with Gasteiger partial charge in [0.05, 0.1) is 19.4 Å². The summed E-state index contributed by atoms with van der Waals surface area (Å²) in [6.45, 7) is 0.448. The molecule has 12 heteroatoms. The van der Waals surface area contributed by atoms with E-state index in [1.165, 1.54) is 43.4 Å². The third-order valence-corrected chi connectivity index (χ3v) is 5.88. The minimum absolute atomic E-state index is 0.00986. The SMILES string of the molecule is COCCNC(=O)C(c1ccc(O)cc1)N(C(=O)c1snc(C(N)=O)c1N)c1cccc(OC)c1. The fourth-order valence-corrected chi connectivity index (χ4v) is 4.07. The van der Waals surface area contributed by atoms with Gasteiger partial charge in [0.2, 0.25) is 5.91 Å². The molecule has 3 aromatic rings. The molecule has 0 aliphatic heterocycles. The molecule has 0 saturated carbocycles. The number of anilines is 2. The molecule has 0 saturated heterocycles. The molecule has 0 radical (unpaired) electrons. The topological polar surface area (TPSA) is 170 Å². The Balaban J connectivity index is 2.19. The first-order valence-corrected chi connectivity index (χ1v) is 11.1. The Kier molecular flexibility index (Phi) is 8.23. The van der Waals surface area contributed by atoms with Crippen LogP contribution in [0.4, 0.5) is 11.4 Å². The number of ether oxygens (including phenoxy) is 2. The molecule has 2 aromatic carbocycles. The number of amides is 3. The molecule has 0 bridgehead atoms. The highest BCUT2D eigenvalue weighted by molar-refractivity contribution is 7.09. The van der Waals surface area contributed by atoms with E-state index in [2.05, 4.69) is 9.69 Å². The van der Waals surface area contributed by atoms with E-state index in [1.54, 1.807) is 24.3 Å². The van der Waals surface area contributed by atoms with Crippen molar-refractivity contribution in [2.75, 3.05) is 38.0 Å². The van der Waals surface area contributed by atoms with Crippen LogP contribution in [0.2, 0.25) is 0 Å². The zero-order valence-corrected chi connectivity index (χ0v) is 19.9. The number of nitrogens with zero attached hydrogens (tertiary/aromatic N) is 2. The van der Waals surface area contributed by atoms with E-state index in [1.807, 2.05) is 0 Å². The van der Waals surface area contributed by atoms with Crippen molar-refractivity contribution in [3.63, 3.8) is 0 Å². The number of phenols is 1. The van der Waals surface area contributed by atoms with Gasteiger partial charge in [-0.05, 0) is 41.4 Å². The normalized spacial score (nSPS) is 11.5. The molecule has 1 unspecified atom stereocenters. The second-order valence-electron chi connectivity index (χ2n) is 7.29. The van der Waals surface area contributed by atoms with Crippen LogP contribution in [-0.4, -0.2) is 54.6 Å². The largest absolute Gasteiger partial charge is 0.508 e. The molecule has 3 amide bonds. The number of carbonyl (C=O) groups excluding carboxylic acids is 3. The van der Waals surface area contributed by atoms with Crippen molar-refractivity contribution in [1.82, 2.24) is 9.69 Å². The number of benzene rings is 2. The highest BCUT2D eigenvalue weighted by atomic mass is 32.1. The van der Waals surface area contributed by atoms with E-state index in [-0.39, 0.29) is 35.2 Å². The van der Waals surface area contributed by atoms with Gasteiger partial charge in [0.1, 0.15) is 22.4 Å². The zero-order valence-electron chi connectivity index (χ0n) is 19.1. The summed E-state index contributed by atoms with van der Waals surface area (Å²) >= 11 is 0.704. The van der Waals surface area contributed by atoms with E-state index in [0.717, 1.165) is 0 Å². The maximum Gasteiger partial charge on any atom is 0.273 e. The lowest BCUT2D eigenvalue weighted by molar-refractivity contribution is -0.122. The van der Waals surface area contributed by atoms with Gasteiger partial charge in [-0.1, -0.05) is 18.2 Å². The van der Waals surface area contributed by atoms with Gasteiger partial charge in [-0.3, -0.25) is 19.3 Å². The number of hydrogen-bond acceptors (Lipinski definition) is 9. The number of nitrogens with one attached hydrogen (secondary N) is 1. The van der Waals surface area contributed by atoms with Crippen LogP contribution in [0, 0.1) is 0 Å². The number of nitrogens with two attached hydrogens (primary N) is 2. The Labute approximate surface area is 205 Å². The number of phenolic OH excluding ortho intramolecular Hbond substituents is 1. The van der Waals surface area contributed by atoms with E-state index < -0.39 is 23.8 Å². The number of methoxy groups -OCH3 is 2. The highest BCUT2D eigenvalue weighted by Gasteiger charge is 2.36. The van der Waals surface area contributed by atoms with Gasteiger partial charge < -0.3 is 31.4 Å². The predicted molar refractivity (Wildman–Crippen MR) is 131 cm³/mol. The number of nitrogen functional groups attached to an aromatic ring is 1. The monoisotopic (exact) mass is 499 g/mol. The maximum absolute atomic E-state index is 13.9. The van der Waals surface area contributed by atoms with Crippen molar-refractivity contribution in [3.8, 4) is 11.5 Å². The van der Waals surface area contributed by atoms with Crippen LogP contribution in [0.3, 0.4) is 0 Å². The molecular weight excluding hydrogens is 474 g/mol. The van der Waals surface area contributed by atoms with Gasteiger partial charge in [0.15, 0.2) is 5.69 Å². The molecule has 11 nitrogen and oxygen atoms in total. The molecule has 35 heavy (non-hydrogen) atoms. The van der Waals surface area contributed by atoms with Crippen LogP contribution >= 0.6 is 11.5 Å². The van der Waals surface area contributed by atoms with Crippen LogP contribution in [0.25, 0.3) is 0 Å². The number of aromatic nitrogens is 1. The molecule has 0 spiro atoms. The molecule has 1 heterocycles. The fraction of sp³-hybridized carbons (Fsp3) is 0.217. The fourth-order valence-electron chi connectivity index (χ4n) is 3.33. The highest BCUT2D eigenvalue weighted by Crippen LogP contribution is 2.35. The van der Waals surface area contributed by atoms with Gasteiger partial charge in [-0.15, -0.1) is 0 Å². The van der Waals surface area contributed by atoms with Crippen LogP contribution < -0.4 is 26.4 Å². The smallest absolute Gasteiger partial charge is 0.273 e. The standard InChI is InChI=1S/C23H25N5O6S/c1-33-11-10-26-22(31)19(13-6-8-15(29)9-7-13)28(14-4-3-5-16(12-14)34-2)23(32)20-17(24)18(21(25)30)27-35-20/h3-9,12,19,29H,10-11,24H2,1-2H3,(H2,25,30)(H,26,31). The van der Waals surface area contributed by atoms with Crippen LogP contribution in [0.15, 0.2) is 48.5 Å². The van der Waals surface area contributed by atoms with Crippen molar-refractivity contribution in [1.29, 1.82) is 0 Å². The van der Waals surface area contributed by atoms with Crippen molar-refractivity contribution in [2.24, 2.45) is 5.73 Å². The summed E-state index contributed by atoms with van der Waals surface area (Å²) in [4.78, 5) is 40.2. The predicted octanol–water partition coefficient (Wildman–Crippen LogP) is 1.69. The summed E-state index contributed by atoms with van der Waals surface area (Å²) in [6.07, 6.45) is 0. The van der Waals surface area contributed by atoms with Gasteiger partial charge in [0.25, 0.3) is 11.8 Å². The Morgan fingerprint density at radius 1 is 1.17 bits per heavy atom. The Bertz CT molecular complexity index is 1210. The van der Waals surface area contributed by atoms with Crippen LogP contribution in [0.1, 0.15) is 31.8 Å². The number of carbonyl (C=O) groups is 3. The second-order valence-corrected chi connectivity index (χ2v) is 8.07. The number of rotatable bonds is 10. The number of hydrogen-bond donors (Lipinski definition) is 4. The average molecular weight is 500 g/mol. The summed E-state index contributed by atoms with van der Waals surface area (Å²) in [7, 11) is 2.97. The molecular formula is C23H25N5O6S. The Hall–Kier alpha value is -4.16. The van der Waals surface area contributed by atoms with Gasteiger partial charge in [-0.2, -0.15) is 4.37 Å². The molecule has 3 rings (SSSR count). The summed E-state index contributed by atoms with van der Waals surface area (Å²) in [5.74, 6) is -1.63. The average Bonchev–Trinajstić information content (AvgIpc) is 3.24. The molecule has 0 aliphatic carbocycles. The quantitative estimate of drug-likeness (QED) is 0.305. The molecule has 0 fully saturated rings. The minimum Gasteiger partial charge on any atom is -0.508 e. The lowest BCUT2D eigenvalue weighted by atomic mass is 10.0. The van der Waals surface area contributed by atoms with Gasteiger partial charge >= 0.3 is 0 Å². The van der Waals surface area contributed by atoms with Crippen LogP contribution in [0.5, 0.6) is 11.5 Å². The van der Waals surface area contributed by atoms with Crippen molar-refractivity contribution < 1.29 is 29.0 Å². The van der Waals surface area contributed by atoms with E-state index in [0.29, 0.717) is 28.5 Å². The molecule has 1 aromatic heterocycles. The first kappa shape index (κ1) is 25.5. The molecule has 1 atom stereocenters. The minimum atomic E-state index is -1.19. The lowest BCUT2D eigenvalue weighted by Gasteiger charge is -2.31. The van der Waals surface area contributed by atoms with E-state index in [4.69, 9.17) is 20.9 Å². The molecule has 0 aliphatic rings. The summed E-state index contributed by atoms with van der Waals surface area (Å²) in [5, 5.41) is 12.5. The Morgan fingerprint density at radius 2 is 1.89 bits per heavy atom. The Morgan fingerprint density at radius 3 is 2.49 bits per heavy atom. The summed E-state index contributed by atoms with van der Waals surface area (Å²) < 4.78 is 14.2. The lowest BCUT2D eigenvalue weighted by Crippen LogP contribution is -2.44. The third-order valence-electron chi connectivity index (χ3n) is 5.03. The first-order valence-electron chi connectivity index (χ1n) is 10.4. The van der Waals surface area contributed by atoms with Gasteiger partial charge in [-0.25, -0.2) is 0 Å².